The molecule has 0 spiro atoms. The molecule has 0 aliphatic heterocycles. The molecule has 0 fully saturated rings. The summed E-state index contributed by atoms with van der Waals surface area (Å²) in [7, 11) is 0. The molecule has 0 aliphatic carbocycles. The number of benzene rings is 1. The van der Waals surface area contributed by atoms with Gasteiger partial charge in [-0.05, 0) is 17.7 Å². The Hall–Kier alpha value is -1.88. The molecule has 0 saturated heterocycles. The lowest BCUT2D eigenvalue weighted by Crippen LogP contribution is -2.25. The fraction of sp³-hybridized carbons (Fsp3) is 0.273. The molecule has 1 aromatic carbocycles. The maximum Gasteiger partial charge on any atom is 0.245 e. The van der Waals surface area contributed by atoms with E-state index in [0.29, 0.717) is 12.4 Å². The Bertz CT molecular complexity index is 519. The van der Waals surface area contributed by atoms with Crippen LogP contribution in [0.1, 0.15) is 11.5 Å². The van der Waals surface area contributed by atoms with E-state index in [1.807, 2.05) is 18.2 Å². The highest BCUT2D eigenvalue weighted by atomic mass is 16.3. The van der Waals surface area contributed by atoms with Crippen molar-refractivity contribution in [2.24, 2.45) is 0 Å². The summed E-state index contributed by atoms with van der Waals surface area (Å²) in [4.78, 5) is 15.0. The third kappa shape index (κ3) is 2.20. The highest BCUT2D eigenvalue weighted by Crippen LogP contribution is 2.16. The van der Waals surface area contributed by atoms with Crippen LogP contribution in [0.3, 0.4) is 0 Å². The van der Waals surface area contributed by atoms with Gasteiger partial charge in [-0.2, -0.15) is 0 Å². The van der Waals surface area contributed by atoms with Gasteiger partial charge in [-0.1, -0.05) is 6.07 Å². The maximum atomic E-state index is 10.9. The number of hydrogen-bond acceptors (Lipinski definition) is 4. The summed E-state index contributed by atoms with van der Waals surface area (Å²) in [6.07, 6.45) is 0. The molecule has 0 radical (unpaired) electrons. The van der Waals surface area contributed by atoms with E-state index in [-0.39, 0.29) is 0 Å². The Labute approximate surface area is 92.1 Å². The topological polar surface area (TPSA) is 75.4 Å². The first-order chi connectivity index (χ1) is 7.69. The average molecular weight is 220 g/mol. The smallest absolute Gasteiger partial charge is 0.245 e. The lowest BCUT2D eigenvalue weighted by Gasteiger charge is -2.02. The number of carbonyl (C=O) groups excluding carboxylic acids is 1. The van der Waals surface area contributed by atoms with Gasteiger partial charge in [0.05, 0.1) is 0 Å². The van der Waals surface area contributed by atoms with Crippen LogP contribution in [0.25, 0.3) is 11.1 Å². The molecule has 1 heterocycles. The maximum absolute atomic E-state index is 10.9. The monoisotopic (exact) mass is 220 g/mol. The van der Waals surface area contributed by atoms with Crippen molar-refractivity contribution in [3.8, 4) is 0 Å². The van der Waals surface area contributed by atoms with Crippen LogP contribution in [0.15, 0.2) is 22.6 Å². The lowest BCUT2D eigenvalue weighted by atomic mass is 10.2. The van der Waals surface area contributed by atoms with Gasteiger partial charge in [0, 0.05) is 13.5 Å². The Morgan fingerprint density at radius 2 is 2.38 bits per heavy atom. The van der Waals surface area contributed by atoms with E-state index in [4.69, 9.17) is 9.52 Å². The van der Waals surface area contributed by atoms with Gasteiger partial charge in [0.15, 0.2) is 11.5 Å². The number of oxazole rings is 1. The normalized spacial score (nSPS) is 10.6. The number of nitrogens with zero attached hydrogens (tertiary/aromatic N) is 1. The molecule has 0 saturated carbocycles. The van der Waals surface area contributed by atoms with Crippen LogP contribution < -0.4 is 5.32 Å². The number of hydrogen-bond donors (Lipinski definition) is 2. The zero-order valence-corrected chi connectivity index (χ0v) is 8.86. The van der Waals surface area contributed by atoms with Crippen molar-refractivity contribution in [3.05, 3.63) is 29.7 Å². The van der Waals surface area contributed by atoms with E-state index in [1.165, 1.54) is 0 Å². The molecule has 2 aromatic rings. The minimum atomic E-state index is -0.495. The number of aromatic nitrogens is 1. The zero-order valence-electron chi connectivity index (χ0n) is 8.86. The first-order valence-electron chi connectivity index (χ1n) is 4.92. The van der Waals surface area contributed by atoms with Crippen molar-refractivity contribution in [1.82, 2.24) is 10.3 Å². The number of amides is 1. The number of carbonyl (C=O) groups is 1. The Morgan fingerprint density at radius 1 is 1.56 bits per heavy atom. The fourth-order valence-electron chi connectivity index (χ4n) is 1.45. The summed E-state index contributed by atoms with van der Waals surface area (Å²) in [5, 5.41) is 11.1. The fourth-order valence-corrected chi connectivity index (χ4v) is 1.45. The van der Waals surface area contributed by atoms with Crippen LogP contribution in [0.2, 0.25) is 0 Å². The van der Waals surface area contributed by atoms with E-state index < -0.39 is 12.5 Å². The second-order valence-electron chi connectivity index (χ2n) is 3.47. The zero-order chi connectivity index (χ0) is 11.5. The van der Waals surface area contributed by atoms with E-state index >= 15 is 0 Å². The average Bonchev–Trinajstić information content (AvgIpc) is 2.65. The summed E-state index contributed by atoms with van der Waals surface area (Å²) in [5.41, 5.74) is 2.42. The Balaban J connectivity index is 2.16. The van der Waals surface area contributed by atoms with E-state index in [9.17, 15) is 4.79 Å². The van der Waals surface area contributed by atoms with Gasteiger partial charge in [0.2, 0.25) is 5.91 Å². The van der Waals surface area contributed by atoms with Crippen molar-refractivity contribution in [1.29, 1.82) is 0 Å². The van der Waals surface area contributed by atoms with Crippen molar-refractivity contribution < 1.29 is 14.3 Å². The first kappa shape index (κ1) is 10.6. The molecule has 1 amide bonds. The molecule has 0 atom stereocenters. The number of aryl methyl sites for hydroxylation is 1. The van der Waals surface area contributed by atoms with Gasteiger partial charge < -0.3 is 14.8 Å². The van der Waals surface area contributed by atoms with Crippen molar-refractivity contribution in [3.63, 3.8) is 0 Å². The highest BCUT2D eigenvalue weighted by molar-refractivity contribution is 5.77. The molecule has 2 N–H and O–H groups in total. The number of rotatable bonds is 3. The minimum Gasteiger partial charge on any atom is -0.441 e. The molecular formula is C11H12N2O3. The molecule has 5 nitrogen and oxygen atoms in total. The molecule has 5 heteroatoms. The Morgan fingerprint density at radius 3 is 3.12 bits per heavy atom. The summed E-state index contributed by atoms with van der Waals surface area (Å²) >= 11 is 0. The van der Waals surface area contributed by atoms with E-state index in [2.05, 4.69) is 10.3 Å². The van der Waals surface area contributed by atoms with Gasteiger partial charge in [-0.25, -0.2) is 4.98 Å². The summed E-state index contributed by atoms with van der Waals surface area (Å²) < 4.78 is 5.33. The summed E-state index contributed by atoms with van der Waals surface area (Å²) in [6, 6.07) is 5.52. The molecule has 2 rings (SSSR count). The van der Waals surface area contributed by atoms with Gasteiger partial charge >= 0.3 is 0 Å². The van der Waals surface area contributed by atoms with Crippen LogP contribution in [-0.2, 0) is 11.3 Å². The van der Waals surface area contributed by atoms with Gasteiger partial charge in [-0.3, -0.25) is 4.79 Å². The molecule has 0 aliphatic rings. The van der Waals surface area contributed by atoms with Crippen LogP contribution in [0.4, 0.5) is 0 Å². The summed E-state index contributed by atoms with van der Waals surface area (Å²) in [5.74, 6) is 0.225. The van der Waals surface area contributed by atoms with E-state index in [0.717, 1.165) is 16.7 Å². The largest absolute Gasteiger partial charge is 0.441 e. The second-order valence-corrected chi connectivity index (χ2v) is 3.47. The molecule has 84 valence electrons. The number of aliphatic hydroxyl groups is 1. The SMILES string of the molecule is Cc1nc2cc(CNC(=O)CO)ccc2o1. The van der Waals surface area contributed by atoms with Crippen LogP contribution >= 0.6 is 0 Å². The summed E-state index contributed by atoms with van der Waals surface area (Å²) in [6.45, 7) is 1.67. The second kappa shape index (κ2) is 4.32. The molecule has 16 heavy (non-hydrogen) atoms. The lowest BCUT2D eigenvalue weighted by molar-refractivity contribution is -0.123. The van der Waals surface area contributed by atoms with E-state index in [1.54, 1.807) is 6.92 Å². The third-order valence-corrected chi connectivity index (χ3v) is 2.19. The van der Waals surface area contributed by atoms with Gasteiger partial charge in [0.25, 0.3) is 0 Å². The first-order valence-corrected chi connectivity index (χ1v) is 4.92. The molecule has 0 unspecified atom stereocenters. The molecular weight excluding hydrogens is 208 g/mol. The quantitative estimate of drug-likeness (QED) is 0.800. The molecule has 1 aromatic heterocycles. The Kier molecular flexibility index (Phi) is 2.87. The van der Waals surface area contributed by atoms with Crippen molar-refractivity contribution in [2.75, 3.05) is 6.61 Å². The van der Waals surface area contributed by atoms with Crippen LogP contribution in [0.5, 0.6) is 0 Å². The molecule has 0 bridgehead atoms. The van der Waals surface area contributed by atoms with Crippen LogP contribution in [0, 0.1) is 6.92 Å². The number of fused-ring (bicyclic) bond motifs is 1. The standard InChI is InChI=1S/C11H12N2O3/c1-7-13-9-4-8(2-3-10(9)16-7)5-12-11(15)6-14/h2-4,14H,5-6H2,1H3,(H,12,15). The van der Waals surface area contributed by atoms with Gasteiger partial charge in [-0.15, -0.1) is 0 Å². The minimum absolute atomic E-state index is 0.376. The third-order valence-electron chi connectivity index (χ3n) is 2.19. The number of aliphatic hydroxyl groups excluding tert-OH is 1. The van der Waals surface area contributed by atoms with Crippen molar-refractivity contribution >= 4 is 17.0 Å². The predicted octanol–water partition coefficient (Wildman–Crippen LogP) is 0.745. The number of nitrogens with one attached hydrogen (secondary N) is 1. The van der Waals surface area contributed by atoms with Crippen LogP contribution in [-0.4, -0.2) is 22.6 Å². The van der Waals surface area contributed by atoms with Gasteiger partial charge in [0.1, 0.15) is 12.1 Å². The van der Waals surface area contributed by atoms with Crippen molar-refractivity contribution in [2.45, 2.75) is 13.5 Å². The predicted molar refractivity (Wildman–Crippen MR) is 57.7 cm³/mol. The highest BCUT2D eigenvalue weighted by Gasteiger charge is 2.04.